The van der Waals surface area contributed by atoms with Crippen LogP contribution >= 0.6 is 11.6 Å². The van der Waals surface area contributed by atoms with Gasteiger partial charge in [-0.3, -0.25) is 4.79 Å². The van der Waals surface area contributed by atoms with Crippen LogP contribution < -0.4 is 11.1 Å². The van der Waals surface area contributed by atoms with Gasteiger partial charge in [-0.2, -0.15) is 0 Å². The van der Waals surface area contributed by atoms with Crippen molar-refractivity contribution in [3.05, 3.63) is 11.6 Å². The first kappa shape index (κ1) is 11.5. The maximum atomic E-state index is 11.3. The lowest BCUT2D eigenvalue weighted by atomic mass is 9.93. The Hall–Kier alpha value is -0.540. The predicted octanol–water partition coefficient (Wildman–Crippen LogP) is 0.840. The van der Waals surface area contributed by atoms with E-state index in [1.54, 1.807) is 13.8 Å². The molecule has 0 unspecified atom stereocenters. The van der Waals surface area contributed by atoms with Gasteiger partial charge in [0.05, 0.1) is 12.0 Å². The lowest BCUT2D eigenvalue weighted by Crippen LogP contribution is -2.42. The fraction of sp³-hybridized carbons (Fsp3) is 0.625. The summed E-state index contributed by atoms with van der Waals surface area (Å²) in [5.74, 6) is -0.105. The van der Waals surface area contributed by atoms with Gasteiger partial charge in [0.25, 0.3) is 0 Å². The number of amides is 1. The smallest absolute Gasteiger partial charge is 0.227 e. The summed E-state index contributed by atoms with van der Waals surface area (Å²) in [7, 11) is 0. The standard InChI is InChI=1S/C8H15ClN2O/c1-6(9)4-11-7(12)8(2,3)5-10/h1,4-5,10H2,2-3H3,(H,11,12). The lowest BCUT2D eigenvalue weighted by Gasteiger charge is -2.20. The predicted molar refractivity (Wildman–Crippen MR) is 50.8 cm³/mol. The summed E-state index contributed by atoms with van der Waals surface area (Å²) < 4.78 is 0. The highest BCUT2D eigenvalue weighted by Gasteiger charge is 2.24. The Morgan fingerprint density at radius 3 is 2.50 bits per heavy atom. The van der Waals surface area contributed by atoms with Gasteiger partial charge in [0, 0.05) is 11.6 Å². The van der Waals surface area contributed by atoms with Crippen LogP contribution in [-0.4, -0.2) is 19.0 Å². The summed E-state index contributed by atoms with van der Waals surface area (Å²) in [6.45, 7) is 7.62. The zero-order chi connectivity index (χ0) is 9.78. The number of carbonyl (C=O) groups is 1. The number of hydrogen-bond donors (Lipinski definition) is 2. The van der Waals surface area contributed by atoms with E-state index in [1.807, 2.05) is 0 Å². The first-order chi connectivity index (χ1) is 5.40. The van der Waals surface area contributed by atoms with Crippen LogP contribution in [0.4, 0.5) is 0 Å². The Balaban J connectivity index is 3.96. The molecular weight excluding hydrogens is 176 g/mol. The van der Waals surface area contributed by atoms with Crippen molar-refractivity contribution in [2.45, 2.75) is 13.8 Å². The molecule has 3 nitrogen and oxygen atoms in total. The first-order valence-corrected chi connectivity index (χ1v) is 4.09. The zero-order valence-corrected chi connectivity index (χ0v) is 8.24. The molecule has 0 aliphatic rings. The van der Waals surface area contributed by atoms with E-state index in [0.717, 1.165) is 0 Å². The molecule has 0 atom stereocenters. The molecule has 0 rings (SSSR count). The lowest BCUT2D eigenvalue weighted by molar-refractivity contribution is -0.128. The SMILES string of the molecule is C=C(Cl)CNC(=O)C(C)(C)CN. The molecule has 0 aromatic rings. The highest BCUT2D eigenvalue weighted by Crippen LogP contribution is 2.12. The molecule has 0 aliphatic heterocycles. The van der Waals surface area contributed by atoms with Gasteiger partial charge in [0.2, 0.25) is 5.91 Å². The van der Waals surface area contributed by atoms with Crippen LogP contribution in [-0.2, 0) is 4.79 Å². The molecule has 0 bridgehead atoms. The van der Waals surface area contributed by atoms with Crippen molar-refractivity contribution in [3.63, 3.8) is 0 Å². The van der Waals surface area contributed by atoms with E-state index in [1.165, 1.54) is 0 Å². The van der Waals surface area contributed by atoms with Crippen LogP contribution in [0.25, 0.3) is 0 Å². The highest BCUT2D eigenvalue weighted by atomic mass is 35.5. The Bertz CT molecular complexity index is 189. The van der Waals surface area contributed by atoms with Crippen molar-refractivity contribution < 1.29 is 4.79 Å². The Kier molecular flexibility index (Phi) is 4.28. The molecule has 0 aromatic carbocycles. The Morgan fingerprint density at radius 2 is 2.17 bits per heavy atom. The monoisotopic (exact) mass is 190 g/mol. The van der Waals surface area contributed by atoms with E-state index in [9.17, 15) is 4.79 Å². The number of nitrogens with one attached hydrogen (secondary N) is 1. The largest absolute Gasteiger partial charge is 0.351 e. The second kappa shape index (κ2) is 4.48. The molecule has 0 radical (unpaired) electrons. The van der Waals surface area contributed by atoms with Gasteiger partial charge in [0.15, 0.2) is 0 Å². The van der Waals surface area contributed by atoms with Crippen LogP contribution in [0.3, 0.4) is 0 Å². The number of carbonyl (C=O) groups excluding carboxylic acids is 1. The zero-order valence-electron chi connectivity index (χ0n) is 7.48. The minimum absolute atomic E-state index is 0.105. The molecule has 12 heavy (non-hydrogen) atoms. The summed E-state index contributed by atoms with van der Waals surface area (Å²) in [5, 5.41) is 3.04. The van der Waals surface area contributed by atoms with Gasteiger partial charge in [-0.15, -0.1) is 0 Å². The second-order valence-electron chi connectivity index (χ2n) is 3.29. The Labute approximate surface area is 78.0 Å². The quantitative estimate of drug-likeness (QED) is 0.691. The van der Waals surface area contributed by atoms with E-state index in [-0.39, 0.29) is 5.91 Å². The normalized spacial score (nSPS) is 11.0. The third-order valence-electron chi connectivity index (χ3n) is 1.57. The van der Waals surface area contributed by atoms with Crippen LogP contribution in [0.15, 0.2) is 11.6 Å². The summed E-state index contributed by atoms with van der Waals surface area (Å²) >= 11 is 5.47. The summed E-state index contributed by atoms with van der Waals surface area (Å²) in [6, 6.07) is 0. The van der Waals surface area contributed by atoms with E-state index >= 15 is 0 Å². The van der Waals surface area contributed by atoms with Gasteiger partial charge >= 0.3 is 0 Å². The molecule has 0 aromatic heterocycles. The molecule has 3 N–H and O–H groups in total. The van der Waals surface area contributed by atoms with Crippen molar-refractivity contribution in [2.24, 2.45) is 11.1 Å². The number of rotatable bonds is 4. The third-order valence-corrected chi connectivity index (χ3v) is 1.70. The molecule has 70 valence electrons. The van der Waals surface area contributed by atoms with E-state index in [4.69, 9.17) is 17.3 Å². The van der Waals surface area contributed by atoms with Gasteiger partial charge in [0.1, 0.15) is 0 Å². The van der Waals surface area contributed by atoms with Gasteiger partial charge in [-0.05, 0) is 13.8 Å². The second-order valence-corrected chi connectivity index (χ2v) is 3.82. The highest BCUT2D eigenvalue weighted by molar-refractivity contribution is 6.29. The topological polar surface area (TPSA) is 55.1 Å². The molecule has 4 heteroatoms. The molecule has 0 heterocycles. The minimum atomic E-state index is -0.535. The molecular formula is C8H15ClN2O. The van der Waals surface area contributed by atoms with Crippen LogP contribution in [0.5, 0.6) is 0 Å². The van der Waals surface area contributed by atoms with Crippen molar-refractivity contribution in [3.8, 4) is 0 Å². The maximum absolute atomic E-state index is 11.3. The molecule has 0 aliphatic carbocycles. The van der Waals surface area contributed by atoms with Crippen LogP contribution in [0, 0.1) is 5.41 Å². The van der Waals surface area contributed by atoms with Crippen molar-refractivity contribution in [2.75, 3.05) is 13.1 Å². The Morgan fingerprint density at radius 1 is 1.67 bits per heavy atom. The van der Waals surface area contributed by atoms with Crippen LogP contribution in [0.2, 0.25) is 0 Å². The summed E-state index contributed by atoms with van der Waals surface area (Å²) in [4.78, 5) is 11.3. The molecule has 0 saturated heterocycles. The van der Waals surface area contributed by atoms with Crippen LogP contribution in [0.1, 0.15) is 13.8 Å². The summed E-state index contributed by atoms with van der Waals surface area (Å²) in [5.41, 5.74) is 4.86. The van der Waals surface area contributed by atoms with E-state index in [2.05, 4.69) is 11.9 Å². The fourth-order valence-electron chi connectivity index (χ4n) is 0.508. The first-order valence-electron chi connectivity index (χ1n) is 3.72. The number of halogens is 1. The molecule has 1 amide bonds. The molecule has 0 fully saturated rings. The molecule has 0 spiro atoms. The maximum Gasteiger partial charge on any atom is 0.227 e. The van der Waals surface area contributed by atoms with Gasteiger partial charge in [-0.25, -0.2) is 0 Å². The van der Waals surface area contributed by atoms with E-state index < -0.39 is 5.41 Å². The van der Waals surface area contributed by atoms with Gasteiger partial charge in [-0.1, -0.05) is 18.2 Å². The average molecular weight is 191 g/mol. The number of hydrogen-bond acceptors (Lipinski definition) is 2. The third kappa shape index (κ3) is 3.74. The number of nitrogens with two attached hydrogens (primary N) is 1. The fourth-order valence-corrected chi connectivity index (χ4v) is 0.575. The van der Waals surface area contributed by atoms with Crippen molar-refractivity contribution >= 4 is 17.5 Å². The van der Waals surface area contributed by atoms with Crippen molar-refractivity contribution in [1.29, 1.82) is 0 Å². The minimum Gasteiger partial charge on any atom is -0.351 e. The van der Waals surface area contributed by atoms with Gasteiger partial charge < -0.3 is 11.1 Å². The average Bonchev–Trinajstić information content (AvgIpc) is 2.00. The van der Waals surface area contributed by atoms with Crippen molar-refractivity contribution in [1.82, 2.24) is 5.32 Å². The van der Waals surface area contributed by atoms with E-state index in [0.29, 0.717) is 18.1 Å². The molecule has 0 saturated carbocycles. The summed E-state index contributed by atoms with van der Waals surface area (Å²) in [6.07, 6.45) is 0.